The van der Waals surface area contributed by atoms with Crippen LogP contribution in [-0.2, 0) is 0 Å². The lowest BCUT2D eigenvalue weighted by Crippen LogP contribution is -2.09. The molecule has 0 aromatic heterocycles. The topological polar surface area (TPSA) is 0 Å². The molecule has 0 amide bonds. The highest BCUT2D eigenvalue weighted by molar-refractivity contribution is 5.49. The molecule has 0 aromatic rings. The summed E-state index contributed by atoms with van der Waals surface area (Å²) in [5.74, 6) is 0. The first-order valence-electron chi connectivity index (χ1n) is 5.44. The van der Waals surface area contributed by atoms with Crippen molar-refractivity contribution >= 4 is 0 Å². The first-order chi connectivity index (χ1) is 6.67. The van der Waals surface area contributed by atoms with Crippen LogP contribution < -0.4 is 0 Å². The third-order valence-electron chi connectivity index (χ3n) is 2.89. The van der Waals surface area contributed by atoms with E-state index in [4.69, 9.17) is 0 Å². The molecule has 0 radical (unpaired) electrons. The average molecular weight is 186 g/mol. The van der Waals surface area contributed by atoms with Crippen LogP contribution in [0.15, 0.2) is 47.6 Å². The summed E-state index contributed by atoms with van der Waals surface area (Å²) in [6.07, 6.45) is 17.4. The largest absolute Gasteiger partial charge is 0.0836 e. The molecule has 0 atom stereocenters. The van der Waals surface area contributed by atoms with Crippen molar-refractivity contribution in [1.82, 2.24) is 0 Å². The van der Waals surface area contributed by atoms with E-state index in [0.717, 1.165) is 6.42 Å². The van der Waals surface area contributed by atoms with E-state index < -0.39 is 0 Å². The standard InChI is InChI=1S/C14H18/c1-14(2)10-8-13(9-11-14)12-6-4-3-5-7-12/h4,6-10H,3,5,11H2,1-2H3. The van der Waals surface area contributed by atoms with Crippen LogP contribution in [0.1, 0.15) is 33.1 Å². The van der Waals surface area contributed by atoms with E-state index in [0.29, 0.717) is 5.41 Å². The molecule has 0 bridgehead atoms. The van der Waals surface area contributed by atoms with Gasteiger partial charge in [0, 0.05) is 0 Å². The zero-order valence-corrected chi connectivity index (χ0v) is 9.09. The smallest absolute Gasteiger partial charge is 0.0137 e. The van der Waals surface area contributed by atoms with Gasteiger partial charge >= 0.3 is 0 Å². The van der Waals surface area contributed by atoms with Crippen molar-refractivity contribution in [3.05, 3.63) is 47.6 Å². The maximum atomic E-state index is 2.36. The Hall–Kier alpha value is -1.04. The number of hydrogen-bond acceptors (Lipinski definition) is 0. The second-order valence-electron chi connectivity index (χ2n) is 4.82. The van der Waals surface area contributed by atoms with Gasteiger partial charge in [-0.1, -0.05) is 50.3 Å². The molecule has 2 aliphatic rings. The molecule has 0 aliphatic heterocycles. The van der Waals surface area contributed by atoms with Gasteiger partial charge in [0.25, 0.3) is 0 Å². The molecule has 0 heteroatoms. The molecule has 74 valence electrons. The van der Waals surface area contributed by atoms with Crippen molar-refractivity contribution < 1.29 is 0 Å². The third kappa shape index (κ3) is 2.06. The van der Waals surface area contributed by atoms with Crippen molar-refractivity contribution in [2.75, 3.05) is 0 Å². The summed E-state index contributed by atoms with van der Waals surface area (Å²) in [6.45, 7) is 4.56. The second-order valence-corrected chi connectivity index (χ2v) is 4.82. The van der Waals surface area contributed by atoms with E-state index in [1.165, 1.54) is 24.0 Å². The van der Waals surface area contributed by atoms with Gasteiger partial charge < -0.3 is 0 Å². The molecule has 14 heavy (non-hydrogen) atoms. The van der Waals surface area contributed by atoms with E-state index in [2.05, 4.69) is 50.3 Å². The van der Waals surface area contributed by atoms with Crippen LogP contribution in [0, 0.1) is 5.41 Å². The fourth-order valence-electron chi connectivity index (χ4n) is 1.87. The summed E-state index contributed by atoms with van der Waals surface area (Å²) in [6, 6.07) is 0. The van der Waals surface area contributed by atoms with Crippen LogP contribution in [0.4, 0.5) is 0 Å². The normalized spacial score (nSPS) is 24.4. The summed E-state index contributed by atoms with van der Waals surface area (Å²) in [5, 5.41) is 0. The highest BCUT2D eigenvalue weighted by Crippen LogP contribution is 2.31. The van der Waals surface area contributed by atoms with E-state index in [1.54, 1.807) is 0 Å². The zero-order chi connectivity index (χ0) is 10.0. The Labute approximate surface area is 86.7 Å². The predicted octanol–water partition coefficient (Wildman–Crippen LogP) is 4.18. The summed E-state index contributed by atoms with van der Waals surface area (Å²) in [4.78, 5) is 0. The minimum Gasteiger partial charge on any atom is -0.0836 e. The van der Waals surface area contributed by atoms with Crippen LogP contribution in [0.25, 0.3) is 0 Å². The maximum absolute atomic E-state index is 2.36. The Morgan fingerprint density at radius 1 is 1.00 bits per heavy atom. The minimum atomic E-state index is 0.350. The molecule has 0 heterocycles. The Kier molecular flexibility index (Phi) is 2.45. The third-order valence-corrected chi connectivity index (χ3v) is 2.89. The fourth-order valence-corrected chi connectivity index (χ4v) is 1.87. The molecule has 0 unspecified atom stereocenters. The van der Waals surface area contributed by atoms with E-state index in [9.17, 15) is 0 Å². The molecule has 0 aromatic carbocycles. The Bertz CT molecular complexity index is 335. The SMILES string of the molecule is CC1(C)C=CC(C2=CCCC=C2)=CC1. The summed E-state index contributed by atoms with van der Waals surface area (Å²) in [7, 11) is 0. The fraction of sp³-hybridized carbons (Fsp3) is 0.429. The zero-order valence-electron chi connectivity index (χ0n) is 9.09. The Balaban J connectivity index is 2.15. The van der Waals surface area contributed by atoms with E-state index >= 15 is 0 Å². The number of rotatable bonds is 1. The maximum Gasteiger partial charge on any atom is -0.0137 e. The number of hydrogen-bond donors (Lipinski definition) is 0. The molecule has 0 N–H and O–H groups in total. The lowest BCUT2D eigenvalue weighted by Gasteiger charge is -2.23. The van der Waals surface area contributed by atoms with Crippen molar-refractivity contribution in [2.24, 2.45) is 5.41 Å². The summed E-state index contributed by atoms with van der Waals surface area (Å²) in [5.41, 5.74) is 3.16. The van der Waals surface area contributed by atoms with Crippen LogP contribution in [-0.4, -0.2) is 0 Å². The quantitative estimate of drug-likeness (QED) is 0.576. The van der Waals surface area contributed by atoms with Crippen LogP contribution in [0.2, 0.25) is 0 Å². The highest BCUT2D eigenvalue weighted by Gasteiger charge is 2.16. The highest BCUT2D eigenvalue weighted by atomic mass is 14.2. The van der Waals surface area contributed by atoms with Crippen LogP contribution >= 0.6 is 0 Å². The van der Waals surface area contributed by atoms with Crippen molar-refractivity contribution in [3.63, 3.8) is 0 Å². The van der Waals surface area contributed by atoms with E-state index in [1.807, 2.05) is 0 Å². The molecular weight excluding hydrogens is 168 g/mol. The molecule has 0 spiro atoms. The Morgan fingerprint density at radius 2 is 1.79 bits per heavy atom. The van der Waals surface area contributed by atoms with Gasteiger partial charge in [0.05, 0.1) is 0 Å². The lowest BCUT2D eigenvalue weighted by atomic mass is 9.82. The molecule has 0 nitrogen and oxygen atoms in total. The van der Waals surface area contributed by atoms with Gasteiger partial charge in [0.1, 0.15) is 0 Å². The van der Waals surface area contributed by atoms with Gasteiger partial charge in [0.2, 0.25) is 0 Å². The Morgan fingerprint density at radius 3 is 2.36 bits per heavy atom. The van der Waals surface area contributed by atoms with Crippen molar-refractivity contribution in [3.8, 4) is 0 Å². The monoisotopic (exact) mass is 186 g/mol. The molecule has 2 rings (SSSR count). The second kappa shape index (κ2) is 3.61. The lowest BCUT2D eigenvalue weighted by molar-refractivity contribution is 0.482. The minimum absolute atomic E-state index is 0.350. The van der Waals surface area contributed by atoms with Gasteiger partial charge in [-0.15, -0.1) is 0 Å². The predicted molar refractivity (Wildman–Crippen MR) is 62.1 cm³/mol. The molecule has 0 fully saturated rings. The molecule has 2 aliphatic carbocycles. The van der Waals surface area contributed by atoms with Crippen LogP contribution in [0.3, 0.4) is 0 Å². The number of allylic oxidation sites excluding steroid dienone is 8. The molecule has 0 saturated carbocycles. The average Bonchev–Trinajstić information content (AvgIpc) is 2.19. The van der Waals surface area contributed by atoms with Crippen molar-refractivity contribution in [2.45, 2.75) is 33.1 Å². The van der Waals surface area contributed by atoms with Gasteiger partial charge in [-0.3, -0.25) is 0 Å². The van der Waals surface area contributed by atoms with Crippen LogP contribution in [0.5, 0.6) is 0 Å². The van der Waals surface area contributed by atoms with Gasteiger partial charge in [-0.25, -0.2) is 0 Å². The first kappa shape index (κ1) is 9.51. The molecular formula is C14H18. The summed E-state index contributed by atoms with van der Waals surface area (Å²) >= 11 is 0. The van der Waals surface area contributed by atoms with E-state index in [-0.39, 0.29) is 0 Å². The summed E-state index contributed by atoms with van der Waals surface area (Å²) < 4.78 is 0. The van der Waals surface area contributed by atoms with Gasteiger partial charge in [-0.05, 0) is 35.8 Å². The molecule has 0 saturated heterocycles. The van der Waals surface area contributed by atoms with Gasteiger partial charge in [0.15, 0.2) is 0 Å². The van der Waals surface area contributed by atoms with Crippen molar-refractivity contribution in [1.29, 1.82) is 0 Å². The van der Waals surface area contributed by atoms with Gasteiger partial charge in [-0.2, -0.15) is 0 Å². The first-order valence-corrected chi connectivity index (χ1v) is 5.44.